The van der Waals surface area contributed by atoms with Gasteiger partial charge in [-0.15, -0.1) is 0 Å². The number of carbonyl (C=O) groups excluding carboxylic acids is 2. The number of carbonyl (C=O) groups is 2. The summed E-state index contributed by atoms with van der Waals surface area (Å²) in [6.45, 7) is 0.569. The SMILES string of the molecule is O=C(Nc1ccc2nc(-c3cc(F)ccc3F)[nH]c2c1)c1cccc(NC(=O)C2CCCO2)c1. The molecule has 2 heterocycles. The fourth-order valence-corrected chi connectivity index (χ4v) is 3.84. The summed E-state index contributed by atoms with van der Waals surface area (Å²) in [5.41, 5.74) is 2.45. The van der Waals surface area contributed by atoms with Crippen LogP contribution in [0, 0.1) is 11.6 Å². The molecule has 1 aliphatic rings. The topological polar surface area (TPSA) is 96.1 Å². The molecular formula is C25H20F2N4O3. The van der Waals surface area contributed by atoms with E-state index < -0.39 is 17.7 Å². The molecule has 1 unspecified atom stereocenters. The first-order valence-corrected chi connectivity index (χ1v) is 10.8. The lowest BCUT2D eigenvalue weighted by Crippen LogP contribution is -2.27. The first kappa shape index (κ1) is 21.7. The van der Waals surface area contributed by atoms with Crippen molar-refractivity contribution in [2.75, 3.05) is 17.2 Å². The van der Waals surface area contributed by atoms with Crippen LogP contribution in [0.1, 0.15) is 23.2 Å². The van der Waals surface area contributed by atoms with Crippen molar-refractivity contribution in [1.29, 1.82) is 0 Å². The number of imidazole rings is 1. The Labute approximate surface area is 193 Å². The first-order chi connectivity index (χ1) is 16.5. The number of halogens is 2. The molecule has 2 amide bonds. The molecule has 0 aliphatic carbocycles. The number of H-pyrrole nitrogens is 1. The van der Waals surface area contributed by atoms with Gasteiger partial charge in [-0.05, 0) is 67.4 Å². The zero-order valence-electron chi connectivity index (χ0n) is 17.9. The van der Waals surface area contributed by atoms with E-state index in [0.29, 0.717) is 41.0 Å². The van der Waals surface area contributed by atoms with Gasteiger partial charge in [0.2, 0.25) is 0 Å². The van der Waals surface area contributed by atoms with E-state index in [1.165, 1.54) is 0 Å². The lowest BCUT2D eigenvalue weighted by molar-refractivity contribution is -0.124. The van der Waals surface area contributed by atoms with Gasteiger partial charge in [-0.1, -0.05) is 6.07 Å². The molecule has 0 saturated carbocycles. The Morgan fingerprint density at radius 3 is 2.68 bits per heavy atom. The zero-order valence-corrected chi connectivity index (χ0v) is 17.9. The van der Waals surface area contributed by atoms with Crippen molar-refractivity contribution in [3.8, 4) is 11.4 Å². The number of hydrogen-bond acceptors (Lipinski definition) is 4. The number of benzene rings is 3. The smallest absolute Gasteiger partial charge is 0.255 e. The predicted molar refractivity (Wildman–Crippen MR) is 123 cm³/mol. The molecular weight excluding hydrogens is 442 g/mol. The minimum absolute atomic E-state index is 0.0173. The second kappa shape index (κ2) is 9.03. The van der Waals surface area contributed by atoms with Crippen LogP contribution in [0.3, 0.4) is 0 Å². The molecule has 1 fully saturated rings. The molecule has 5 rings (SSSR count). The van der Waals surface area contributed by atoms with Crippen LogP contribution >= 0.6 is 0 Å². The van der Waals surface area contributed by atoms with Crippen LogP contribution in [0.15, 0.2) is 60.7 Å². The van der Waals surface area contributed by atoms with E-state index in [9.17, 15) is 18.4 Å². The number of ether oxygens (including phenoxy) is 1. The molecule has 3 N–H and O–H groups in total. The largest absolute Gasteiger partial charge is 0.368 e. The molecule has 0 bridgehead atoms. The van der Waals surface area contributed by atoms with Crippen molar-refractivity contribution >= 4 is 34.2 Å². The minimum Gasteiger partial charge on any atom is -0.368 e. The van der Waals surface area contributed by atoms with E-state index in [1.54, 1.807) is 42.5 Å². The standard InChI is InChI=1S/C25H20F2N4O3/c26-15-6-8-19(27)18(12-15)23-30-20-9-7-17(13-21(20)31-23)28-24(32)14-3-1-4-16(11-14)29-25(33)22-5-2-10-34-22/h1,3-4,6-9,11-13,22H,2,5,10H2,(H,28,32)(H,29,33)(H,30,31). The number of anilines is 2. The van der Waals surface area contributed by atoms with E-state index in [0.717, 1.165) is 24.6 Å². The van der Waals surface area contributed by atoms with Crippen LogP contribution in [0.5, 0.6) is 0 Å². The highest BCUT2D eigenvalue weighted by Gasteiger charge is 2.23. The molecule has 3 aromatic carbocycles. The van der Waals surface area contributed by atoms with Gasteiger partial charge in [0.15, 0.2) is 0 Å². The van der Waals surface area contributed by atoms with E-state index in [2.05, 4.69) is 20.6 Å². The maximum Gasteiger partial charge on any atom is 0.255 e. The third-order valence-electron chi connectivity index (χ3n) is 5.54. The van der Waals surface area contributed by atoms with Crippen LogP contribution < -0.4 is 10.6 Å². The van der Waals surface area contributed by atoms with Gasteiger partial charge in [0, 0.05) is 23.5 Å². The molecule has 0 radical (unpaired) electrons. The lowest BCUT2D eigenvalue weighted by Gasteiger charge is -2.11. The van der Waals surface area contributed by atoms with Crippen molar-refractivity contribution < 1.29 is 23.1 Å². The van der Waals surface area contributed by atoms with Gasteiger partial charge in [-0.25, -0.2) is 13.8 Å². The number of rotatable bonds is 5. The summed E-state index contributed by atoms with van der Waals surface area (Å²) in [5.74, 6) is -1.58. The van der Waals surface area contributed by atoms with Gasteiger partial charge >= 0.3 is 0 Å². The Kier molecular flexibility index (Phi) is 5.77. The fourth-order valence-electron chi connectivity index (χ4n) is 3.84. The number of nitrogens with zero attached hydrogens (tertiary/aromatic N) is 1. The molecule has 4 aromatic rings. The van der Waals surface area contributed by atoms with Crippen molar-refractivity contribution in [2.24, 2.45) is 0 Å². The summed E-state index contributed by atoms with van der Waals surface area (Å²) in [5, 5.41) is 5.58. The molecule has 1 atom stereocenters. The van der Waals surface area contributed by atoms with Gasteiger partial charge in [0.05, 0.1) is 16.6 Å². The number of nitrogens with one attached hydrogen (secondary N) is 3. The zero-order chi connectivity index (χ0) is 23.7. The van der Waals surface area contributed by atoms with E-state index in [-0.39, 0.29) is 23.2 Å². The summed E-state index contributed by atoms with van der Waals surface area (Å²) in [6.07, 6.45) is 1.06. The first-order valence-electron chi connectivity index (χ1n) is 10.8. The van der Waals surface area contributed by atoms with Crippen molar-refractivity contribution in [3.63, 3.8) is 0 Å². The van der Waals surface area contributed by atoms with E-state index >= 15 is 0 Å². The van der Waals surface area contributed by atoms with E-state index in [4.69, 9.17) is 4.74 Å². The maximum absolute atomic E-state index is 14.1. The Bertz CT molecular complexity index is 1400. The maximum atomic E-state index is 14.1. The van der Waals surface area contributed by atoms with Crippen LogP contribution in [0.25, 0.3) is 22.4 Å². The minimum atomic E-state index is -0.597. The fraction of sp³-hybridized carbons (Fsp3) is 0.160. The summed E-state index contributed by atoms with van der Waals surface area (Å²) in [7, 11) is 0. The highest BCUT2D eigenvalue weighted by atomic mass is 19.1. The predicted octanol–water partition coefficient (Wildman–Crippen LogP) is 4.88. The van der Waals surface area contributed by atoms with Crippen LogP contribution in [-0.4, -0.2) is 34.5 Å². The summed E-state index contributed by atoms with van der Waals surface area (Å²) in [4.78, 5) is 32.3. The Balaban J connectivity index is 1.32. The van der Waals surface area contributed by atoms with E-state index in [1.807, 2.05) is 0 Å². The van der Waals surface area contributed by atoms with Crippen LogP contribution in [0.2, 0.25) is 0 Å². The highest BCUT2D eigenvalue weighted by Crippen LogP contribution is 2.26. The van der Waals surface area contributed by atoms with Gasteiger partial charge in [0.1, 0.15) is 23.6 Å². The molecule has 1 saturated heterocycles. The molecule has 1 aromatic heterocycles. The lowest BCUT2D eigenvalue weighted by atomic mass is 10.1. The number of aromatic amines is 1. The number of fused-ring (bicyclic) bond motifs is 1. The third-order valence-corrected chi connectivity index (χ3v) is 5.54. The van der Waals surface area contributed by atoms with Crippen LogP contribution in [0.4, 0.5) is 20.2 Å². The van der Waals surface area contributed by atoms with Gasteiger partial charge in [-0.2, -0.15) is 0 Å². The van der Waals surface area contributed by atoms with Gasteiger partial charge in [-0.3, -0.25) is 9.59 Å². The Morgan fingerprint density at radius 2 is 1.85 bits per heavy atom. The summed E-state index contributed by atoms with van der Waals surface area (Å²) < 4.78 is 33.0. The average Bonchev–Trinajstić information content (AvgIpc) is 3.51. The average molecular weight is 462 g/mol. The van der Waals surface area contributed by atoms with Gasteiger partial charge in [0.25, 0.3) is 11.8 Å². The summed E-state index contributed by atoms with van der Waals surface area (Å²) >= 11 is 0. The molecule has 172 valence electrons. The summed E-state index contributed by atoms with van der Waals surface area (Å²) in [6, 6.07) is 14.7. The quantitative estimate of drug-likeness (QED) is 0.394. The number of aromatic nitrogens is 2. The second-order valence-corrected chi connectivity index (χ2v) is 7.97. The van der Waals surface area contributed by atoms with Crippen molar-refractivity contribution in [2.45, 2.75) is 18.9 Å². The second-order valence-electron chi connectivity index (χ2n) is 7.97. The van der Waals surface area contributed by atoms with Crippen molar-refractivity contribution in [1.82, 2.24) is 9.97 Å². The monoisotopic (exact) mass is 462 g/mol. The molecule has 9 heteroatoms. The Morgan fingerprint density at radius 1 is 1.00 bits per heavy atom. The molecule has 0 spiro atoms. The molecule has 34 heavy (non-hydrogen) atoms. The molecule has 7 nitrogen and oxygen atoms in total. The van der Waals surface area contributed by atoms with Crippen molar-refractivity contribution in [3.05, 3.63) is 77.9 Å². The Hall–Kier alpha value is -4.11. The normalized spacial score (nSPS) is 15.4. The third kappa shape index (κ3) is 4.51. The van der Waals surface area contributed by atoms with Gasteiger partial charge < -0.3 is 20.4 Å². The van der Waals surface area contributed by atoms with Crippen LogP contribution in [-0.2, 0) is 9.53 Å². The number of hydrogen-bond donors (Lipinski definition) is 3. The number of amides is 2. The highest BCUT2D eigenvalue weighted by molar-refractivity contribution is 6.06. The molecule has 1 aliphatic heterocycles.